The molecule has 0 fully saturated rings. The predicted octanol–water partition coefficient (Wildman–Crippen LogP) is 3.15. The fourth-order valence-electron chi connectivity index (χ4n) is 2.52. The van der Waals surface area contributed by atoms with Crippen LogP contribution < -0.4 is 11.0 Å². The van der Waals surface area contributed by atoms with Crippen LogP contribution in [0.25, 0.3) is 5.65 Å². The van der Waals surface area contributed by atoms with Crippen LogP contribution in [0.4, 0.5) is 5.69 Å². The van der Waals surface area contributed by atoms with Gasteiger partial charge in [0.05, 0.1) is 5.69 Å². The molecule has 128 valence electrons. The normalized spacial score (nSPS) is 10.6. The number of nitrogens with one attached hydrogen (secondary N) is 2. The molecule has 0 atom stereocenters. The summed E-state index contributed by atoms with van der Waals surface area (Å²) in [7, 11) is 0. The Morgan fingerprint density at radius 1 is 1.33 bits per heavy atom. The van der Waals surface area contributed by atoms with Gasteiger partial charge in [0.25, 0.3) is 0 Å². The molecule has 0 saturated heterocycles. The number of hydrogen-bond donors (Lipinski definition) is 2. The number of rotatable bonds is 5. The maximum absolute atomic E-state index is 11.7. The van der Waals surface area contributed by atoms with E-state index in [4.69, 9.17) is 11.6 Å². The molecular formula is C16H19Cl2N5O. The smallest absolute Gasteiger partial charge is 0.347 e. The van der Waals surface area contributed by atoms with E-state index in [0.29, 0.717) is 10.8 Å². The van der Waals surface area contributed by atoms with E-state index in [1.807, 2.05) is 32.0 Å². The average Bonchev–Trinajstić information content (AvgIpc) is 2.87. The second-order valence-corrected chi connectivity index (χ2v) is 5.94. The first-order valence-corrected chi connectivity index (χ1v) is 7.85. The Hall–Kier alpha value is -2.05. The maximum Gasteiger partial charge on any atom is 0.347 e. The third kappa shape index (κ3) is 3.88. The van der Waals surface area contributed by atoms with Gasteiger partial charge in [0.15, 0.2) is 5.65 Å². The second-order valence-electron chi connectivity index (χ2n) is 5.59. The van der Waals surface area contributed by atoms with Crippen LogP contribution in [0.1, 0.15) is 23.2 Å². The Bertz CT molecular complexity index is 903. The fraction of sp³-hybridized carbons (Fsp3) is 0.312. The van der Waals surface area contributed by atoms with Gasteiger partial charge in [-0.15, -0.1) is 12.4 Å². The monoisotopic (exact) mass is 367 g/mol. The van der Waals surface area contributed by atoms with Crippen molar-refractivity contribution in [3.8, 4) is 0 Å². The standard InChI is InChI=1S/C16H18ClN5O.ClH/c1-10-8-13(15-20-21-16(23)22(15)9-10)18-7-3-4-12-6-5-11(2)19-14(12)17;/h5-6,8-9,18H,3-4,7H2,1-2H3,(H,21,23);1H. The van der Waals surface area contributed by atoms with Crippen LogP contribution >= 0.6 is 24.0 Å². The van der Waals surface area contributed by atoms with Crippen LogP contribution in [0.15, 0.2) is 29.2 Å². The van der Waals surface area contributed by atoms with Crippen LogP contribution in [0.5, 0.6) is 0 Å². The molecule has 0 unspecified atom stereocenters. The number of H-pyrrole nitrogens is 1. The van der Waals surface area contributed by atoms with Crippen molar-refractivity contribution in [3.05, 3.63) is 56.9 Å². The number of fused-ring (bicyclic) bond motifs is 1. The Kier molecular flexibility index (Phi) is 5.85. The molecule has 3 aromatic rings. The van der Waals surface area contributed by atoms with Gasteiger partial charge in [0, 0.05) is 18.4 Å². The van der Waals surface area contributed by atoms with E-state index < -0.39 is 0 Å². The minimum Gasteiger partial charge on any atom is -0.382 e. The summed E-state index contributed by atoms with van der Waals surface area (Å²) in [6.07, 6.45) is 3.51. The molecule has 0 radical (unpaired) electrons. The lowest BCUT2D eigenvalue weighted by Gasteiger charge is -2.09. The van der Waals surface area contributed by atoms with Gasteiger partial charge in [-0.25, -0.2) is 19.3 Å². The van der Waals surface area contributed by atoms with Crippen molar-refractivity contribution in [1.82, 2.24) is 19.6 Å². The molecule has 0 aliphatic rings. The Morgan fingerprint density at radius 2 is 2.12 bits per heavy atom. The minimum absolute atomic E-state index is 0. The molecule has 3 aromatic heterocycles. The van der Waals surface area contributed by atoms with E-state index in [1.165, 1.54) is 4.40 Å². The number of aromatic nitrogens is 4. The highest BCUT2D eigenvalue weighted by Gasteiger charge is 2.07. The van der Waals surface area contributed by atoms with Gasteiger partial charge < -0.3 is 5.32 Å². The summed E-state index contributed by atoms with van der Waals surface area (Å²) in [6, 6.07) is 5.97. The SMILES string of the molecule is Cc1cc(NCCCc2ccc(C)nc2Cl)c2n[nH]c(=O)n2c1.Cl. The molecule has 0 saturated carbocycles. The molecule has 0 amide bonds. The maximum atomic E-state index is 11.7. The molecule has 0 aliphatic heterocycles. The van der Waals surface area contributed by atoms with Gasteiger partial charge in [-0.3, -0.25) is 0 Å². The van der Waals surface area contributed by atoms with Crippen LogP contribution in [0.3, 0.4) is 0 Å². The lowest BCUT2D eigenvalue weighted by Crippen LogP contribution is -2.11. The van der Waals surface area contributed by atoms with E-state index in [1.54, 1.807) is 6.20 Å². The first-order chi connectivity index (χ1) is 11.0. The summed E-state index contributed by atoms with van der Waals surface area (Å²) in [5, 5.41) is 10.4. The molecule has 6 nitrogen and oxygen atoms in total. The van der Waals surface area contributed by atoms with Crippen LogP contribution in [0.2, 0.25) is 5.15 Å². The van der Waals surface area contributed by atoms with E-state index in [9.17, 15) is 4.79 Å². The number of anilines is 1. The fourth-order valence-corrected chi connectivity index (χ4v) is 2.81. The molecule has 2 N–H and O–H groups in total. The number of aryl methyl sites for hydroxylation is 3. The van der Waals surface area contributed by atoms with Crippen molar-refractivity contribution in [2.24, 2.45) is 0 Å². The molecule has 0 bridgehead atoms. The third-order valence-corrected chi connectivity index (χ3v) is 3.98. The topological polar surface area (TPSA) is 75.1 Å². The molecule has 0 aliphatic carbocycles. The van der Waals surface area contributed by atoms with Gasteiger partial charge in [-0.05, 0) is 49.9 Å². The number of halogens is 2. The van der Waals surface area contributed by atoms with Crippen molar-refractivity contribution in [3.63, 3.8) is 0 Å². The highest BCUT2D eigenvalue weighted by molar-refractivity contribution is 6.30. The summed E-state index contributed by atoms with van der Waals surface area (Å²) < 4.78 is 1.51. The zero-order valence-corrected chi connectivity index (χ0v) is 15.0. The molecule has 0 spiro atoms. The number of nitrogens with zero attached hydrogens (tertiary/aromatic N) is 3. The number of pyridine rings is 2. The molecule has 24 heavy (non-hydrogen) atoms. The van der Waals surface area contributed by atoms with E-state index in [2.05, 4.69) is 20.5 Å². The number of hydrogen-bond acceptors (Lipinski definition) is 4. The van der Waals surface area contributed by atoms with Gasteiger partial charge in [0.2, 0.25) is 0 Å². The first kappa shape index (κ1) is 18.3. The minimum atomic E-state index is -0.232. The van der Waals surface area contributed by atoms with Gasteiger partial charge in [-0.1, -0.05) is 17.7 Å². The molecule has 0 aromatic carbocycles. The van der Waals surface area contributed by atoms with Gasteiger partial charge in [0.1, 0.15) is 5.15 Å². The Morgan fingerprint density at radius 3 is 2.88 bits per heavy atom. The molecule has 3 heterocycles. The van der Waals surface area contributed by atoms with Crippen LogP contribution in [-0.2, 0) is 6.42 Å². The molecular weight excluding hydrogens is 349 g/mol. The summed E-state index contributed by atoms with van der Waals surface area (Å²) >= 11 is 6.14. The van der Waals surface area contributed by atoms with Crippen LogP contribution in [-0.4, -0.2) is 26.1 Å². The van der Waals surface area contributed by atoms with Crippen LogP contribution in [0, 0.1) is 13.8 Å². The predicted molar refractivity (Wildman–Crippen MR) is 98.6 cm³/mol. The van der Waals surface area contributed by atoms with Crippen molar-refractivity contribution in [2.75, 3.05) is 11.9 Å². The highest BCUT2D eigenvalue weighted by Crippen LogP contribution is 2.17. The third-order valence-electron chi connectivity index (χ3n) is 3.65. The van der Waals surface area contributed by atoms with Crippen molar-refractivity contribution >= 4 is 35.3 Å². The van der Waals surface area contributed by atoms with Gasteiger partial charge in [-0.2, -0.15) is 5.10 Å². The van der Waals surface area contributed by atoms with E-state index >= 15 is 0 Å². The zero-order chi connectivity index (χ0) is 16.4. The summed E-state index contributed by atoms with van der Waals surface area (Å²) in [5.41, 5.74) is 4.18. The first-order valence-electron chi connectivity index (χ1n) is 7.48. The van der Waals surface area contributed by atoms with Crippen molar-refractivity contribution in [1.29, 1.82) is 0 Å². The number of aromatic amines is 1. The summed E-state index contributed by atoms with van der Waals surface area (Å²) in [5.74, 6) is 0. The van der Waals surface area contributed by atoms with Crippen molar-refractivity contribution in [2.45, 2.75) is 26.7 Å². The zero-order valence-electron chi connectivity index (χ0n) is 13.5. The largest absolute Gasteiger partial charge is 0.382 e. The lowest BCUT2D eigenvalue weighted by molar-refractivity contribution is 0.856. The van der Waals surface area contributed by atoms with Gasteiger partial charge >= 0.3 is 5.69 Å². The molecule has 8 heteroatoms. The van der Waals surface area contributed by atoms with E-state index in [0.717, 1.165) is 41.9 Å². The van der Waals surface area contributed by atoms with E-state index in [-0.39, 0.29) is 18.1 Å². The molecule has 3 rings (SSSR count). The Labute approximate surface area is 150 Å². The lowest BCUT2D eigenvalue weighted by atomic mass is 10.1. The highest BCUT2D eigenvalue weighted by atomic mass is 35.5. The quantitative estimate of drug-likeness (QED) is 0.536. The van der Waals surface area contributed by atoms with Crippen molar-refractivity contribution < 1.29 is 0 Å². The average molecular weight is 368 g/mol. The summed E-state index contributed by atoms with van der Waals surface area (Å²) in [4.78, 5) is 15.9. The summed E-state index contributed by atoms with van der Waals surface area (Å²) in [6.45, 7) is 4.62. The second kappa shape index (κ2) is 7.68. The Balaban J connectivity index is 0.00000208.